The Hall–Kier alpha value is -10.2. The van der Waals surface area contributed by atoms with Crippen LogP contribution in [-0.2, 0) is 16.2 Å². The van der Waals surface area contributed by atoms with Crippen molar-refractivity contribution in [3.05, 3.63) is 319 Å². The molecule has 4 nitrogen and oxygen atoms in total. The number of nitrogens with zero attached hydrogens (tertiary/aromatic N) is 4. The van der Waals surface area contributed by atoms with Gasteiger partial charge in [-0.1, -0.05) is 262 Å². The van der Waals surface area contributed by atoms with Gasteiger partial charge in [-0.2, -0.15) is 0 Å². The van der Waals surface area contributed by atoms with Gasteiger partial charge in [0, 0.05) is 61.7 Å². The van der Waals surface area contributed by atoms with Gasteiger partial charge in [0.05, 0.1) is 22.7 Å². The first-order chi connectivity index (χ1) is 53.4. The lowest BCUT2D eigenvalue weighted by Gasteiger charge is -2.35. The minimum Gasteiger partial charge on any atom is -0.310 e. The van der Waals surface area contributed by atoms with Crippen molar-refractivity contribution in [1.29, 1.82) is 0 Å². The van der Waals surface area contributed by atoms with Crippen LogP contribution in [0, 0.1) is 83.1 Å². The highest BCUT2D eigenvalue weighted by atomic mass is 15.2. The Balaban J connectivity index is 0.840. The number of hydrogen-bond acceptors (Lipinski definition) is 4. The minimum atomic E-state index is -0.303. The van der Waals surface area contributed by atoms with E-state index in [-0.39, 0.29) is 16.2 Å². The highest BCUT2D eigenvalue weighted by Crippen LogP contribution is 2.60. The quantitative estimate of drug-likeness (QED) is 0.0501. The normalized spacial score (nSPS) is 13.7. The largest absolute Gasteiger partial charge is 0.310 e. The van der Waals surface area contributed by atoms with Crippen LogP contribution in [0.2, 0.25) is 0 Å². The van der Waals surface area contributed by atoms with Crippen LogP contribution in [-0.4, -0.2) is 0 Å². The molecular weight excluding hydrogens is 1340 g/mol. The van der Waals surface area contributed by atoms with Crippen molar-refractivity contribution in [1.82, 2.24) is 0 Å². The third-order valence-electron chi connectivity index (χ3n) is 25.5. The third kappa shape index (κ3) is 13.9. The topological polar surface area (TPSA) is 13.0 Å². The summed E-state index contributed by atoms with van der Waals surface area (Å²) in [6.45, 7) is 41.7. The number of para-hydroxylation sites is 2. The minimum absolute atomic E-state index is 0.228. The van der Waals surface area contributed by atoms with Gasteiger partial charge in [0.25, 0.3) is 0 Å². The summed E-state index contributed by atoms with van der Waals surface area (Å²) < 4.78 is 0. The highest BCUT2D eigenvalue weighted by Gasteiger charge is 2.45. The van der Waals surface area contributed by atoms with E-state index in [1.807, 2.05) is 0 Å². The third-order valence-corrected chi connectivity index (χ3v) is 25.5. The molecule has 0 aromatic heterocycles. The molecule has 0 aliphatic heterocycles. The van der Waals surface area contributed by atoms with Crippen molar-refractivity contribution >= 4 is 68.2 Å². The molecule has 4 heteroatoms. The second kappa shape index (κ2) is 30.8. The molecule has 12 aromatic carbocycles. The molecule has 3 aliphatic carbocycles. The molecule has 0 bridgehead atoms. The highest BCUT2D eigenvalue weighted by molar-refractivity contribution is 5.95. The van der Waals surface area contributed by atoms with Crippen LogP contribution in [0.5, 0.6) is 0 Å². The molecule has 0 saturated heterocycles. The molecule has 12 aromatic rings. The molecule has 0 spiro atoms. The van der Waals surface area contributed by atoms with Crippen molar-refractivity contribution in [2.24, 2.45) is 0 Å². The van der Waals surface area contributed by atoms with Crippen molar-refractivity contribution in [3.8, 4) is 33.4 Å². The molecule has 111 heavy (non-hydrogen) atoms. The fraction of sp³-hybridized carbons (Fsp3) is 0.327. The molecule has 0 fully saturated rings. The zero-order chi connectivity index (χ0) is 77.9. The molecule has 15 rings (SSSR count). The van der Waals surface area contributed by atoms with E-state index >= 15 is 0 Å². The van der Waals surface area contributed by atoms with E-state index in [1.54, 1.807) is 0 Å². The van der Waals surface area contributed by atoms with Crippen LogP contribution < -0.4 is 19.6 Å². The Labute approximate surface area is 666 Å². The SMILES string of the molecule is CCCCCCCCC1(CCCCCCCC)c2cc(N(c3ccccc3)c3ccc4c(c3)C(C)(C)c3cc(N(c5c(C)cc(C)cc5C)c5c(C)cc(C)cc5C)ccc3-4)ccc2-c2ccc(N(c3ccccc3)c3ccc4c(c3)C(C)(C)c3cc(N(c5c(C)cc(C)cc5C)c5c(C)cc(C)cc5C)ccc3-4)cc21. The zero-order valence-corrected chi connectivity index (χ0v) is 70.0. The van der Waals surface area contributed by atoms with Crippen LogP contribution in [0.1, 0.15) is 232 Å². The van der Waals surface area contributed by atoms with Crippen molar-refractivity contribution < 1.29 is 0 Å². The summed E-state index contributed by atoms with van der Waals surface area (Å²) in [5.41, 5.74) is 45.5. The van der Waals surface area contributed by atoms with Crippen molar-refractivity contribution in [2.45, 2.75) is 231 Å². The second-order valence-electron chi connectivity index (χ2n) is 34.7. The summed E-state index contributed by atoms with van der Waals surface area (Å²) in [7, 11) is 0. The van der Waals surface area contributed by atoms with Gasteiger partial charge in [0.1, 0.15) is 0 Å². The second-order valence-corrected chi connectivity index (χ2v) is 34.7. The van der Waals surface area contributed by atoms with E-state index in [4.69, 9.17) is 0 Å². The number of rotatable bonds is 26. The van der Waals surface area contributed by atoms with Crippen LogP contribution >= 0.6 is 0 Å². The van der Waals surface area contributed by atoms with Crippen molar-refractivity contribution in [2.75, 3.05) is 19.6 Å². The Kier molecular flexibility index (Phi) is 21.2. The maximum absolute atomic E-state index is 2.67. The number of aryl methyl sites for hydroxylation is 12. The molecule has 0 amide bonds. The molecule has 0 unspecified atom stereocenters. The van der Waals surface area contributed by atoms with E-state index in [0.717, 1.165) is 24.2 Å². The fourth-order valence-corrected chi connectivity index (χ4v) is 20.7. The molecule has 566 valence electrons. The first-order valence-electron chi connectivity index (χ1n) is 41.9. The Bertz CT molecular complexity index is 4960. The summed E-state index contributed by atoms with van der Waals surface area (Å²) in [5, 5.41) is 0. The Morgan fingerprint density at radius 2 is 0.432 bits per heavy atom. The Morgan fingerprint density at radius 3 is 0.685 bits per heavy atom. The lowest BCUT2D eigenvalue weighted by molar-refractivity contribution is 0.398. The van der Waals surface area contributed by atoms with Gasteiger partial charge >= 0.3 is 0 Å². The summed E-state index contributed by atoms with van der Waals surface area (Å²) in [6, 6.07) is 86.0. The van der Waals surface area contributed by atoms with Crippen LogP contribution in [0.4, 0.5) is 68.2 Å². The Morgan fingerprint density at radius 1 is 0.216 bits per heavy atom. The zero-order valence-electron chi connectivity index (χ0n) is 70.0. The molecule has 3 aliphatic rings. The van der Waals surface area contributed by atoms with Gasteiger partial charge in [0.2, 0.25) is 0 Å². The van der Waals surface area contributed by atoms with Gasteiger partial charge in [-0.05, 0) is 304 Å². The first-order valence-corrected chi connectivity index (χ1v) is 41.9. The summed E-state index contributed by atoms with van der Waals surface area (Å²) in [4.78, 5) is 10.3. The molecule has 0 N–H and O–H groups in total. The van der Waals surface area contributed by atoms with E-state index in [1.165, 1.54) is 267 Å². The van der Waals surface area contributed by atoms with Gasteiger partial charge in [-0.15, -0.1) is 0 Å². The van der Waals surface area contributed by atoms with E-state index < -0.39 is 0 Å². The fourth-order valence-electron chi connectivity index (χ4n) is 20.7. The average Bonchev–Trinajstić information content (AvgIpc) is 1.61. The predicted octanol–water partition coefficient (Wildman–Crippen LogP) is 31.6. The van der Waals surface area contributed by atoms with Gasteiger partial charge in [0.15, 0.2) is 0 Å². The monoisotopic (exact) mass is 1460 g/mol. The molecular formula is C107H118N4. The van der Waals surface area contributed by atoms with Crippen LogP contribution in [0.15, 0.2) is 218 Å². The van der Waals surface area contributed by atoms with Gasteiger partial charge < -0.3 is 19.6 Å². The van der Waals surface area contributed by atoms with Crippen LogP contribution in [0.25, 0.3) is 33.4 Å². The summed E-state index contributed by atoms with van der Waals surface area (Å²) in [5.74, 6) is 0. The van der Waals surface area contributed by atoms with Crippen molar-refractivity contribution in [3.63, 3.8) is 0 Å². The van der Waals surface area contributed by atoms with Gasteiger partial charge in [-0.3, -0.25) is 0 Å². The lowest BCUT2D eigenvalue weighted by atomic mass is 9.70. The van der Waals surface area contributed by atoms with E-state index in [2.05, 4.69) is 363 Å². The smallest absolute Gasteiger partial charge is 0.0520 e. The van der Waals surface area contributed by atoms with E-state index in [9.17, 15) is 0 Å². The molecule has 0 radical (unpaired) electrons. The summed E-state index contributed by atoms with van der Waals surface area (Å²) in [6.07, 6.45) is 17.3. The average molecular weight is 1460 g/mol. The number of fused-ring (bicyclic) bond motifs is 9. The maximum Gasteiger partial charge on any atom is 0.0520 e. The number of benzene rings is 12. The van der Waals surface area contributed by atoms with Gasteiger partial charge in [-0.25, -0.2) is 0 Å². The standard InChI is InChI=1S/C107H118N4/c1-19-21-23-25-27-35-53-107(54-36-28-26-24-22-20-2)99-67-85(108(81-37-31-29-32-38-81)83-41-47-89-91-49-45-87(65-97(91)105(15,16)95(89)63-83)110(101-73(7)55-69(3)56-74(101)8)102-75(9)57-70(4)58-76(102)10)43-51-93(99)94-52-44-86(68-100(94)107)109(82-39-33-30-34-40-82)84-42-48-90-92-50-46-88(66-98(92)106(17,18)96(90)64-84)111(103-77(11)59-71(5)60-78(103)12)104-79(13)61-72(6)62-80(104)14/h29-34,37-52,55-68H,19-28,35-36,53-54H2,1-18H3. The lowest BCUT2D eigenvalue weighted by Crippen LogP contribution is -2.26. The number of anilines is 12. The molecule has 0 atom stereocenters. The van der Waals surface area contributed by atoms with Crippen LogP contribution in [0.3, 0.4) is 0 Å². The first kappa shape index (κ1) is 76.2. The molecule has 0 heterocycles. The molecule has 0 saturated carbocycles. The van der Waals surface area contributed by atoms with E-state index in [0.29, 0.717) is 0 Å². The predicted molar refractivity (Wildman–Crippen MR) is 479 cm³/mol. The maximum atomic E-state index is 2.67. The number of unbranched alkanes of at least 4 members (excludes halogenated alkanes) is 10. The number of hydrogen-bond donors (Lipinski definition) is 0. The summed E-state index contributed by atoms with van der Waals surface area (Å²) >= 11 is 0.